The van der Waals surface area contributed by atoms with Crippen LogP contribution in [0, 0.1) is 5.92 Å². The molecule has 0 amide bonds. The van der Waals surface area contributed by atoms with E-state index in [0.29, 0.717) is 5.56 Å². The van der Waals surface area contributed by atoms with Gasteiger partial charge in [0, 0.05) is 17.7 Å². The summed E-state index contributed by atoms with van der Waals surface area (Å²) < 4.78 is 4.38. The van der Waals surface area contributed by atoms with Gasteiger partial charge in [0.2, 0.25) is 0 Å². The highest BCUT2D eigenvalue weighted by Gasteiger charge is 2.32. The van der Waals surface area contributed by atoms with Crippen LogP contribution in [0.25, 0.3) is 0 Å². The Morgan fingerprint density at radius 3 is 2.62 bits per heavy atom. The van der Waals surface area contributed by atoms with E-state index >= 15 is 0 Å². The third kappa shape index (κ3) is 1.50. The monoisotopic (exact) mass is 219 g/mol. The molecule has 2 rings (SSSR count). The first-order valence-electron chi connectivity index (χ1n) is 4.81. The number of carbonyl (C=O) groups is 3. The van der Waals surface area contributed by atoms with Crippen molar-refractivity contribution in [3.8, 4) is 0 Å². The van der Waals surface area contributed by atoms with E-state index in [9.17, 15) is 14.4 Å². The number of pyridine rings is 1. The third-order valence-corrected chi connectivity index (χ3v) is 2.30. The average molecular weight is 219 g/mol. The Kier molecular flexibility index (Phi) is 2.30. The molecule has 0 bridgehead atoms. The minimum absolute atomic E-state index is 0.0229. The molecular weight excluding hydrogens is 210 g/mol. The van der Waals surface area contributed by atoms with Crippen LogP contribution in [0.1, 0.15) is 45.1 Å². The van der Waals surface area contributed by atoms with Gasteiger partial charge >= 0.3 is 11.9 Å². The molecule has 1 aliphatic heterocycles. The van der Waals surface area contributed by atoms with Crippen LogP contribution in [0.4, 0.5) is 0 Å². The Morgan fingerprint density at radius 2 is 2.00 bits per heavy atom. The molecule has 82 valence electrons. The number of Topliss-reactive ketones (excluding diaryl/α,β-unsaturated/α-hetero) is 1. The van der Waals surface area contributed by atoms with Gasteiger partial charge in [-0.1, -0.05) is 13.8 Å². The number of fused-ring (bicyclic) bond motifs is 1. The van der Waals surface area contributed by atoms with E-state index in [2.05, 4.69) is 9.72 Å². The third-order valence-electron chi connectivity index (χ3n) is 2.30. The summed E-state index contributed by atoms with van der Waals surface area (Å²) in [5, 5.41) is 0. The number of cyclic esters (lactones) is 2. The van der Waals surface area contributed by atoms with Gasteiger partial charge in [-0.25, -0.2) is 14.6 Å². The summed E-state index contributed by atoms with van der Waals surface area (Å²) in [5.41, 5.74) is 0.363. The van der Waals surface area contributed by atoms with E-state index in [0.717, 1.165) is 0 Å². The highest BCUT2D eigenvalue weighted by atomic mass is 16.6. The average Bonchev–Trinajstić information content (AvgIpc) is 2.53. The second-order valence-corrected chi connectivity index (χ2v) is 3.82. The van der Waals surface area contributed by atoms with Crippen LogP contribution in [0.15, 0.2) is 12.3 Å². The summed E-state index contributed by atoms with van der Waals surface area (Å²) in [5.74, 6) is -1.81. The van der Waals surface area contributed by atoms with Crippen molar-refractivity contribution >= 4 is 17.7 Å². The number of hydrogen-bond donors (Lipinski definition) is 0. The first-order valence-corrected chi connectivity index (χ1v) is 4.81. The van der Waals surface area contributed by atoms with Crippen LogP contribution in [-0.2, 0) is 4.74 Å². The fraction of sp³-hybridized carbons (Fsp3) is 0.273. The molecule has 0 N–H and O–H groups in total. The molecular formula is C11H9NO4. The standard InChI is InChI=1S/C11H9NO4/c1-5(2)9(13)6-3-7-8(12-4-6)11(15)16-10(7)14/h3-5H,1-2H3. The van der Waals surface area contributed by atoms with Gasteiger partial charge in [-0.15, -0.1) is 0 Å². The fourth-order valence-corrected chi connectivity index (χ4v) is 1.44. The van der Waals surface area contributed by atoms with Crippen molar-refractivity contribution in [3.05, 3.63) is 29.1 Å². The van der Waals surface area contributed by atoms with E-state index in [4.69, 9.17) is 0 Å². The van der Waals surface area contributed by atoms with Crippen LogP contribution in [0.2, 0.25) is 0 Å². The number of ether oxygens (including phenoxy) is 1. The molecule has 0 radical (unpaired) electrons. The van der Waals surface area contributed by atoms with E-state index in [-0.39, 0.29) is 23.0 Å². The van der Waals surface area contributed by atoms with Crippen molar-refractivity contribution in [2.75, 3.05) is 0 Å². The number of ketones is 1. The molecule has 0 spiro atoms. The van der Waals surface area contributed by atoms with Crippen LogP contribution >= 0.6 is 0 Å². The van der Waals surface area contributed by atoms with Crippen molar-refractivity contribution < 1.29 is 19.1 Å². The molecule has 0 fully saturated rings. The largest absolute Gasteiger partial charge is 0.384 e. The predicted molar refractivity (Wildman–Crippen MR) is 53.2 cm³/mol. The normalized spacial score (nSPS) is 13.9. The van der Waals surface area contributed by atoms with Gasteiger partial charge in [-0.05, 0) is 6.07 Å². The van der Waals surface area contributed by atoms with E-state index < -0.39 is 11.9 Å². The fourth-order valence-electron chi connectivity index (χ4n) is 1.44. The first-order chi connectivity index (χ1) is 7.50. The van der Waals surface area contributed by atoms with Gasteiger partial charge in [-0.3, -0.25) is 4.79 Å². The van der Waals surface area contributed by atoms with Crippen LogP contribution in [0.5, 0.6) is 0 Å². The molecule has 0 aliphatic carbocycles. The van der Waals surface area contributed by atoms with E-state index in [1.807, 2.05) is 0 Å². The molecule has 2 heterocycles. The maximum atomic E-state index is 11.7. The zero-order valence-corrected chi connectivity index (χ0v) is 8.81. The topological polar surface area (TPSA) is 73.3 Å². The summed E-state index contributed by atoms with van der Waals surface area (Å²) in [7, 11) is 0. The number of carbonyl (C=O) groups excluding carboxylic acids is 3. The molecule has 1 aromatic heterocycles. The maximum absolute atomic E-state index is 11.7. The summed E-state index contributed by atoms with van der Waals surface area (Å²) in [6.07, 6.45) is 1.29. The molecule has 0 aromatic carbocycles. The molecule has 1 aromatic rings. The molecule has 1 aliphatic rings. The Labute approximate surface area is 91.4 Å². The predicted octanol–water partition coefficient (Wildman–Crippen LogP) is 1.23. The molecule has 5 heteroatoms. The van der Waals surface area contributed by atoms with Crippen LogP contribution in [-0.4, -0.2) is 22.7 Å². The van der Waals surface area contributed by atoms with Crippen LogP contribution in [0.3, 0.4) is 0 Å². The van der Waals surface area contributed by atoms with Gasteiger partial charge in [0.15, 0.2) is 11.5 Å². The van der Waals surface area contributed by atoms with Crippen molar-refractivity contribution in [2.24, 2.45) is 5.92 Å². The van der Waals surface area contributed by atoms with Crippen molar-refractivity contribution in [2.45, 2.75) is 13.8 Å². The summed E-state index contributed by atoms with van der Waals surface area (Å²) in [6, 6.07) is 1.36. The summed E-state index contributed by atoms with van der Waals surface area (Å²) in [4.78, 5) is 37.8. The van der Waals surface area contributed by atoms with Gasteiger partial charge in [0.25, 0.3) is 0 Å². The van der Waals surface area contributed by atoms with Crippen molar-refractivity contribution in [1.82, 2.24) is 4.98 Å². The Balaban J connectivity index is 2.48. The zero-order chi connectivity index (χ0) is 11.9. The quantitative estimate of drug-likeness (QED) is 0.425. The highest BCUT2D eigenvalue weighted by molar-refractivity contribution is 6.14. The lowest BCUT2D eigenvalue weighted by Crippen LogP contribution is -2.09. The molecule has 0 unspecified atom stereocenters. The summed E-state index contributed by atoms with van der Waals surface area (Å²) >= 11 is 0. The Hall–Kier alpha value is -2.04. The number of esters is 2. The van der Waals surface area contributed by atoms with Gasteiger partial charge in [-0.2, -0.15) is 0 Å². The zero-order valence-electron chi connectivity index (χ0n) is 8.81. The second-order valence-electron chi connectivity index (χ2n) is 3.82. The van der Waals surface area contributed by atoms with Crippen molar-refractivity contribution in [1.29, 1.82) is 0 Å². The molecule has 16 heavy (non-hydrogen) atoms. The molecule has 0 saturated heterocycles. The minimum Gasteiger partial charge on any atom is -0.384 e. The Morgan fingerprint density at radius 1 is 1.31 bits per heavy atom. The number of hydrogen-bond acceptors (Lipinski definition) is 5. The number of rotatable bonds is 2. The maximum Gasteiger partial charge on any atom is 0.365 e. The van der Waals surface area contributed by atoms with Crippen molar-refractivity contribution in [3.63, 3.8) is 0 Å². The number of nitrogens with zero attached hydrogens (tertiary/aromatic N) is 1. The lowest BCUT2D eigenvalue weighted by atomic mass is 10.0. The molecule has 0 atom stereocenters. The van der Waals surface area contributed by atoms with E-state index in [1.54, 1.807) is 13.8 Å². The van der Waals surface area contributed by atoms with Gasteiger partial charge < -0.3 is 4.74 Å². The van der Waals surface area contributed by atoms with Gasteiger partial charge in [0.05, 0.1) is 5.56 Å². The smallest absolute Gasteiger partial charge is 0.365 e. The number of aromatic nitrogens is 1. The minimum atomic E-state index is -0.761. The second kappa shape index (κ2) is 3.52. The highest BCUT2D eigenvalue weighted by Crippen LogP contribution is 2.20. The lowest BCUT2D eigenvalue weighted by molar-refractivity contribution is 0.0441. The molecule has 5 nitrogen and oxygen atoms in total. The summed E-state index contributed by atoms with van der Waals surface area (Å²) in [6.45, 7) is 3.50. The van der Waals surface area contributed by atoms with E-state index in [1.165, 1.54) is 12.3 Å². The lowest BCUT2D eigenvalue weighted by Gasteiger charge is -2.03. The first kappa shape index (κ1) is 10.5. The van der Waals surface area contributed by atoms with Gasteiger partial charge in [0.1, 0.15) is 0 Å². The molecule has 0 saturated carbocycles. The SMILES string of the molecule is CC(C)C(=O)c1cnc2c(c1)C(=O)OC2=O. The Bertz CT molecular complexity index is 505. The van der Waals surface area contributed by atoms with Crippen LogP contribution < -0.4 is 0 Å².